The number of carbonyl (C=O) groups is 2. The van der Waals surface area contributed by atoms with Gasteiger partial charge in [-0.15, -0.1) is 0 Å². The van der Waals surface area contributed by atoms with Gasteiger partial charge in [-0.25, -0.2) is 8.42 Å². The summed E-state index contributed by atoms with van der Waals surface area (Å²) in [6.45, 7) is 3.23. The molecule has 0 spiro atoms. The van der Waals surface area contributed by atoms with E-state index in [4.69, 9.17) is 27.9 Å². The SMILES string of the molecule is CCOc1ccccc1N(CC(=O)N(Cc1c(Cl)cccc1Cl)[C@@H](CC)C(=O)NC)S(C)(=O)=O. The van der Waals surface area contributed by atoms with Gasteiger partial charge in [0.05, 0.1) is 18.6 Å². The van der Waals surface area contributed by atoms with Crippen molar-refractivity contribution >= 4 is 50.7 Å². The average molecular weight is 530 g/mol. The summed E-state index contributed by atoms with van der Waals surface area (Å²) in [5.74, 6) is -0.662. The number of amides is 2. The Kier molecular flexibility index (Phi) is 10.0. The zero-order valence-electron chi connectivity index (χ0n) is 19.5. The molecule has 0 heterocycles. The number of ether oxygens (including phenoxy) is 1. The van der Waals surface area contributed by atoms with Crippen molar-refractivity contribution in [1.29, 1.82) is 0 Å². The van der Waals surface area contributed by atoms with E-state index in [-0.39, 0.29) is 18.1 Å². The predicted molar refractivity (Wildman–Crippen MR) is 135 cm³/mol. The molecular weight excluding hydrogens is 501 g/mol. The third-order valence-corrected chi connectivity index (χ3v) is 6.97. The second-order valence-electron chi connectivity index (χ2n) is 7.43. The second-order valence-corrected chi connectivity index (χ2v) is 10.2. The van der Waals surface area contributed by atoms with Gasteiger partial charge in [0.1, 0.15) is 18.3 Å². The molecule has 0 aliphatic heterocycles. The maximum atomic E-state index is 13.6. The minimum Gasteiger partial charge on any atom is -0.492 e. The van der Waals surface area contributed by atoms with Gasteiger partial charge in [0.2, 0.25) is 21.8 Å². The van der Waals surface area contributed by atoms with Gasteiger partial charge >= 0.3 is 0 Å². The Bertz CT molecular complexity index is 1110. The van der Waals surface area contributed by atoms with E-state index < -0.39 is 28.5 Å². The van der Waals surface area contributed by atoms with Gasteiger partial charge in [-0.2, -0.15) is 0 Å². The molecule has 1 atom stereocenters. The molecule has 2 aromatic rings. The highest BCUT2D eigenvalue weighted by molar-refractivity contribution is 7.92. The molecule has 0 unspecified atom stereocenters. The summed E-state index contributed by atoms with van der Waals surface area (Å²) >= 11 is 12.6. The van der Waals surface area contributed by atoms with Gasteiger partial charge in [-0.05, 0) is 37.6 Å². The van der Waals surface area contributed by atoms with E-state index in [9.17, 15) is 18.0 Å². The number of carbonyl (C=O) groups excluding carboxylic acids is 2. The first-order valence-electron chi connectivity index (χ1n) is 10.7. The Morgan fingerprint density at radius 3 is 2.21 bits per heavy atom. The number of rotatable bonds is 11. The van der Waals surface area contributed by atoms with Crippen molar-refractivity contribution in [3.63, 3.8) is 0 Å². The normalized spacial score (nSPS) is 12.1. The predicted octanol–water partition coefficient (Wildman–Crippen LogP) is 3.71. The number of para-hydroxylation sites is 2. The Morgan fingerprint density at radius 1 is 1.06 bits per heavy atom. The molecule has 0 saturated carbocycles. The molecule has 0 aliphatic rings. The van der Waals surface area contributed by atoms with Crippen molar-refractivity contribution in [2.75, 3.05) is 30.8 Å². The number of halogens is 2. The molecule has 34 heavy (non-hydrogen) atoms. The first-order chi connectivity index (χ1) is 16.0. The molecule has 2 amide bonds. The van der Waals surface area contributed by atoms with Crippen LogP contribution in [0.2, 0.25) is 10.0 Å². The lowest BCUT2D eigenvalue weighted by Gasteiger charge is -2.33. The molecule has 0 aromatic heterocycles. The van der Waals surface area contributed by atoms with Gasteiger partial charge in [0.15, 0.2) is 0 Å². The van der Waals surface area contributed by atoms with Crippen LogP contribution >= 0.6 is 23.2 Å². The maximum Gasteiger partial charge on any atom is 0.244 e. The molecule has 0 fully saturated rings. The van der Waals surface area contributed by atoms with Crippen LogP contribution in [0.4, 0.5) is 5.69 Å². The topological polar surface area (TPSA) is 96.0 Å². The highest BCUT2D eigenvalue weighted by atomic mass is 35.5. The van der Waals surface area contributed by atoms with Crippen molar-refractivity contribution in [2.24, 2.45) is 0 Å². The number of nitrogens with zero attached hydrogens (tertiary/aromatic N) is 2. The molecule has 0 saturated heterocycles. The van der Waals surface area contributed by atoms with Crippen LogP contribution in [0.15, 0.2) is 42.5 Å². The van der Waals surface area contributed by atoms with Crippen molar-refractivity contribution in [3.8, 4) is 5.75 Å². The van der Waals surface area contributed by atoms with Crippen molar-refractivity contribution in [3.05, 3.63) is 58.1 Å². The van der Waals surface area contributed by atoms with E-state index in [0.717, 1.165) is 10.6 Å². The molecule has 1 N–H and O–H groups in total. The molecule has 0 radical (unpaired) electrons. The van der Waals surface area contributed by atoms with Crippen LogP contribution in [0.5, 0.6) is 5.75 Å². The monoisotopic (exact) mass is 529 g/mol. The summed E-state index contributed by atoms with van der Waals surface area (Å²) in [6.07, 6.45) is 1.30. The van der Waals surface area contributed by atoms with Crippen LogP contribution in [-0.2, 0) is 26.2 Å². The lowest BCUT2D eigenvalue weighted by atomic mass is 10.1. The Labute approximate surface area is 210 Å². The van der Waals surface area contributed by atoms with Gasteiger partial charge < -0.3 is 15.0 Å². The molecular formula is C23H29Cl2N3O5S. The van der Waals surface area contributed by atoms with Crippen molar-refractivity contribution < 1.29 is 22.7 Å². The average Bonchev–Trinajstić information content (AvgIpc) is 2.78. The summed E-state index contributed by atoms with van der Waals surface area (Å²) in [5, 5.41) is 3.22. The second kappa shape index (κ2) is 12.3. The third-order valence-electron chi connectivity index (χ3n) is 5.14. The summed E-state index contributed by atoms with van der Waals surface area (Å²) < 4.78 is 32.0. The minimum atomic E-state index is -3.88. The number of sulfonamides is 1. The maximum absolute atomic E-state index is 13.6. The largest absolute Gasteiger partial charge is 0.492 e. The minimum absolute atomic E-state index is 0.0754. The fourth-order valence-electron chi connectivity index (χ4n) is 3.48. The quantitative estimate of drug-likeness (QED) is 0.478. The molecule has 0 bridgehead atoms. The summed E-state index contributed by atoms with van der Waals surface area (Å²) in [4.78, 5) is 27.5. The Morgan fingerprint density at radius 2 is 1.68 bits per heavy atom. The highest BCUT2D eigenvalue weighted by Crippen LogP contribution is 2.31. The standard InChI is InChI=1S/C23H29Cl2N3O5S/c1-5-19(23(30)26-3)27(14-16-17(24)10-9-11-18(16)25)22(29)15-28(34(4,31)32)20-12-7-8-13-21(20)33-6-2/h7-13,19H,5-6,14-15H2,1-4H3,(H,26,30)/t19-/m0/s1. The zero-order chi connectivity index (χ0) is 25.5. The van der Waals surface area contributed by atoms with Gasteiger partial charge in [0.25, 0.3) is 0 Å². The summed E-state index contributed by atoms with van der Waals surface area (Å²) in [5.41, 5.74) is 0.686. The van der Waals surface area contributed by atoms with Crippen LogP contribution in [-0.4, -0.2) is 57.6 Å². The molecule has 11 heteroatoms. The fraction of sp³-hybridized carbons (Fsp3) is 0.391. The van der Waals surface area contributed by atoms with Gasteiger partial charge in [-0.1, -0.05) is 48.3 Å². The highest BCUT2D eigenvalue weighted by Gasteiger charge is 2.32. The molecule has 2 aromatic carbocycles. The number of hydrogen-bond donors (Lipinski definition) is 1. The van der Waals surface area contributed by atoms with Crippen LogP contribution in [0.25, 0.3) is 0 Å². The number of anilines is 1. The molecule has 0 aliphatic carbocycles. The van der Waals surface area contributed by atoms with E-state index in [1.165, 1.54) is 11.9 Å². The summed E-state index contributed by atoms with van der Waals surface area (Å²) in [7, 11) is -2.41. The summed E-state index contributed by atoms with van der Waals surface area (Å²) in [6, 6.07) is 10.6. The lowest BCUT2D eigenvalue weighted by Crippen LogP contribution is -2.51. The number of nitrogens with one attached hydrogen (secondary N) is 1. The molecule has 186 valence electrons. The van der Waals surface area contributed by atoms with Crippen LogP contribution in [0.1, 0.15) is 25.8 Å². The number of hydrogen-bond acceptors (Lipinski definition) is 5. The van der Waals surface area contributed by atoms with E-state index in [0.29, 0.717) is 34.4 Å². The van der Waals surface area contributed by atoms with Gasteiger partial charge in [-0.3, -0.25) is 13.9 Å². The van der Waals surface area contributed by atoms with E-state index in [1.807, 2.05) is 0 Å². The van der Waals surface area contributed by atoms with Crippen molar-refractivity contribution in [1.82, 2.24) is 10.2 Å². The first-order valence-corrected chi connectivity index (χ1v) is 13.3. The van der Waals surface area contributed by atoms with Crippen LogP contribution < -0.4 is 14.4 Å². The molecule has 8 nitrogen and oxygen atoms in total. The van der Waals surface area contributed by atoms with Gasteiger partial charge in [0, 0.05) is 29.2 Å². The first kappa shape index (κ1) is 27.8. The number of benzene rings is 2. The third kappa shape index (κ3) is 6.77. The number of likely N-dealkylation sites (N-methyl/N-ethyl adjacent to an activating group) is 1. The fourth-order valence-corrected chi connectivity index (χ4v) is 4.85. The smallest absolute Gasteiger partial charge is 0.244 e. The van der Waals surface area contributed by atoms with E-state index in [1.54, 1.807) is 56.3 Å². The zero-order valence-corrected chi connectivity index (χ0v) is 21.9. The van der Waals surface area contributed by atoms with E-state index in [2.05, 4.69) is 5.32 Å². The van der Waals surface area contributed by atoms with Crippen molar-refractivity contribution in [2.45, 2.75) is 32.9 Å². The van der Waals surface area contributed by atoms with Crippen LogP contribution in [0.3, 0.4) is 0 Å². The lowest BCUT2D eigenvalue weighted by molar-refractivity contribution is -0.140. The van der Waals surface area contributed by atoms with E-state index >= 15 is 0 Å². The Hall–Kier alpha value is -2.49. The molecule has 2 rings (SSSR count). The van der Waals surface area contributed by atoms with Crippen LogP contribution in [0, 0.1) is 0 Å². The Balaban J connectivity index is 2.53.